The highest BCUT2D eigenvalue weighted by atomic mass is 35.5. The highest BCUT2D eigenvalue weighted by Gasteiger charge is 2.11. The Labute approximate surface area is 155 Å². The van der Waals surface area contributed by atoms with E-state index in [1.807, 2.05) is 54.6 Å². The number of anilines is 2. The molecule has 3 aromatic carbocycles. The number of hydrogen-bond donors (Lipinski definition) is 3. The molecular weight excluding hydrogens is 346 g/mol. The van der Waals surface area contributed by atoms with E-state index in [4.69, 9.17) is 11.6 Å². The molecule has 0 saturated heterocycles. The molecule has 2 amide bonds. The molecule has 1 heterocycles. The van der Waals surface area contributed by atoms with Crippen molar-refractivity contribution >= 4 is 39.9 Å². The fourth-order valence-corrected chi connectivity index (χ4v) is 3.07. The zero-order chi connectivity index (χ0) is 17.9. The first-order valence-electron chi connectivity index (χ1n) is 8.20. The lowest BCUT2D eigenvalue weighted by atomic mass is 10.1. The number of nitrogens with one attached hydrogen (secondary N) is 3. The van der Waals surface area contributed by atoms with Crippen LogP contribution in [-0.4, -0.2) is 11.0 Å². The Morgan fingerprint density at radius 2 is 1.46 bits per heavy atom. The summed E-state index contributed by atoms with van der Waals surface area (Å²) < 4.78 is 0. The molecule has 4 rings (SSSR count). The van der Waals surface area contributed by atoms with Crippen molar-refractivity contribution < 1.29 is 4.79 Å². The minimum Gasteiger partial charge on any atom is -0.354 e. The van der Waals surface area contributed by atoms with Crippen molar-refractivity contribution in [3.05, 3.63) is 83.9 Å². The quantitative estimate of drug-likeness (QED) is 0.403. The average molecular weight is 362 g/mol. The predicted octanol–water partition coefficient (Wildman–Crippen LogP) is 6.13. The number of benzene rings is 3. The van der Waals surface area contributed by atoms with Crippen molar-refractivity contribution in [2.75, 3.05) is 10.6 Å². The van der Waals surface area contributed by atoms with Crippen LogP contribution in [0.5, 0.6) is 0 Å². The van der Waals surface area contributed by atoms with Crippen LogP contribution in [0.1, 0.15) is 0 Å². The number of hydrogen-bond acceptors (Lipinski definition) is 1. The largest absolute Gasteiger partial charge is 0.354 e. The molecule has 4 aromatic rings. The van der Waals surface area contributed by atoms with Gasteiger partial charge in [0.25, 0.3) is 0 Å². The number of halogens is 1. The van der Waals surface area contributed by atoms with Crippen LogP contribution in [0.15, 0.2) is 78.9 Å². The van der Waals surface area contributed by atoms with Crippen LogP contribution >= 0.6 is 11.6 Å². The van der Waals surface area contributed by atoms with Crippen molar-refractivity contribution in [3.63, 3.8) is 0 Å². The number of fused-ring (bicyclic) bond motifs is 1. The molecule has 0 atom stereocenters. The van der Waals surface area contributed by atoms with E-state index in [-0.39, 0.29) is 6.03 Å². The van der Waals surface area contributed by atoms with Gasteiger partial charge in [-0.15, -0.1) is 0 Å². The van der Waals surface area contributed by atoms with Gasteiger partial charge in [-0.2, -0.15) is 0 Å². The second kappa shape index (κ2) is 6.94. The Bertz CT molecular complexity index is 1050. The smallest absolute Gasteiger partial charge is 0.323 e. The lowest BCUT2D eigenvalue weighted by Crippen LogP contribution is -2.20. The van der Waals surface area contributed by atoms with Gasteiger partial charge in [-0.3, -0.25) is 0 Å². The summed E-state index contributed by atoms with van der Waals surface area (Å²) in [6.07, 6.45) is 0. The molecule has 26 heavy (non-hydrogen) atoms. The number of aromatic amines is 1. The fourth-order valence-electron chi connectivity index (χ4n) is 2.88. The van der Waals surface area contributed by atoms with E-state index in [1.54, 1.807) is 12.1 Å². The molecular formula is C21H16ClN3O. The molecule has 0 saturated carbocycles. The molecule has 1 aromatic heterocycles. The summed E-state index contributed by atoms with van der Waals surface area (Å²) in [7, 11) is 0. The van der Waals surface area contributed by atoms with Crippen molar-refractivity contribution in [1.82, 2.24) is 4.98 Å². The zero-order valence-electron chi connectivity index (χ0n) is 13.8. The zero-order valence-corrected chi connectivity index (χ0v) is 14.5. The van der Waals surface area contributed by atoms with E-state index in [9.17, 15) is 4.79 Å². The summed E-state index contributed by atoms with van der Waals surface area (Å²) in [6.45, 7) is 0. The van der Waals surface area contributed by atoms with E-state index >= 15 is 0 Å². The second-order valence-corrected chi connectivity index (χ2v) is 6.28. The summed E-state index contributed by atoms with van der Waals surface area (Å²) >= 11 is 6.10. The number of aromatic nitrogens is 1. The van der Waals surface area contributed by atoms with Crippen LogP contribution in [0.3, 0.4) is 0 Å². The molecule has 128 valence electrons. The first-order chi connectivity index (χ1) is 12.7. The van der Waals surface area contributed by atoms with E-state index in [0.29, 0.717) is 16.4 Å². The normalized spacial score (nSPS) is 10.7. The lowest BCUT2D eigenvalue weighted by Gasteiger charge is -2.12. The van der Waals surface area contributed by atoms with Crippen molar-refractivity contribution in [3.8, 4) is 11.3 Å². The molecule has 0 spiro atoms. The van der Waals surface area contributed by atoms with Gasteiger partial charge in [0, 0.05) is 22.2 Å². The first kappa shape index (κ1) is 16.2. The van der Waals surface area contributed by atoms with Gasteiger partial charge in [0.2, 0.25) is 0 Å². The molecule has 0 aliphatic rings. The molecule has 0 radical (unpaired) electrons. The first-order valence-corrected chi connectivity index (χ1v) is 8.58. The Balaban J connectivity index is 1.61. The third-order valence-corrected chi connectivity index (χ3v) is 4.45. The summed E-state index contributed by atoms with van der Waals surface area (Å²) in [4.78, 5) is 15.8. The van der Waals surface area contributed by atoms with E-state index < -0.39 is 0 Å². The van der Waals surface area contributed by atoms with Crippen LogP contribution < -0.4 is 10.6 Å². The number of H-pyrrole nitrogens is 1. The fraction of sp³-hybridized carbons (Fsp3) is 0. The maximum Gasteiger partial charge on any atom is 0.323 e. The molecule has 5 heteroatoms. The molecule has 0 aliphatic heterocycles. The summed E-state index contributed by atoms with van der Waals surface area (Å²) in [5.41, 5.74) is 4.19. The number of para-hydroxylation sites is 3. The number of urea groups is 1. The maximum atomic E-state index is 12.4. The number of rotatable bonds is 3. The van der Waals surface area contributed by atoms with E-state index in [1.165, 1.54) is 0 Å². The van der Waals surface area contributed by atoms with Gasteiger partial charge in [-0.25, -0.2) is 4.79 Å². The third kappa shape index (κ3) is 3.27. The Hall–Kier alpha value is -3.24. The molecule has 3 N–H and O–H groups in total. The van der Waals surface area contributed by atoms with Gasteiger partial charge in [0.05, 0.1) is 16.4 Å². The van der Waals surface area contributed by atoms with Gasteiger partial charge in [-0.05, 0) is 30.3 Å². The number of amides is 2. The highest BCUT2D eigenvalue weighted by Crippen LogP contribution is 2.30. The lowest BCUT2D eigenvalue weighted by molar-refractivity contribution is 0.262. The summed E-state index contributed by atoms with van der Waals surface area (Å²) in [5, 5.41) is 7.29. The van der Waals surface area contributed by atoms with E-state index in [0.717, 1.165) is 22.2 Å². The van der Waals surface area contributed by atoms with Gasteiger partial charge >= 0.3 is 6.03 Å². The van der Waals surface area contributed by atoms with Gasteiger partial charge in [0.1, 0.15) is 0 Å². The van der Waals surface area contributed by atoms with Gasteiger partial charge in [0.15, 0.2) is 0 Å². The van der Waals surface area contributed by atoms with E-state index in [2.05, 4.69) is 27.8 Å². The van der Waals surface area contributed by atoms with Crippen LogP contribution in [0.4, 0.5) is 16.2 Å². The Kier molecular flexibility index (Phi) is 4.33. The molecule has 0 fully saturated rings. The highest BCUT2D eigenvalue weighted by molar-refractivity contribution is 6.33. The minimum atomic E-state index is -0.346. The topological polar surface area (TPSA) is 56.9 Å². The van der Waals surface area contributed by atoms with Gasteiger partial charge < -0.3 is 15.6 Å². The predicted molar refractivity (Wildman–Crippen MR) is 108 cm³/mol. The SMILES string of the molecule is O=C(Nc1ccccc1Cl)Nc1ccccc1-c1cc2ccccc2[nH]1. The summed E-state index contributed by atoms with van der Waals surface area (Å²) in [5.74, 6) is 0. The number of carbonyl (C=O) groups excluding carboxylic acids is 1. The Morgan fingerprint density at radius 1 is 0.808 bits per heavy atom. The monoisotopic (exact) mass is 361 g/mol. The molecule has 0 bridgehead atoms. The van der Waals surface area contributed by atoms with Crippen LogP contribution in [0.2, 0.25) is 5.02 Å². The van der Waals surface area contributed by atoms with Crippen LogP contribution in [-0.2, 0) is 0 Å². The van der Waals surface area contributed by atoms with Crippen LogP contribution in [0.25, 0.3) is 22.2 Å². The van der Waals surface area contributed by atoms with Crippen molar-refractivity contribution in [2.24, 2.45) is 0 Å². The van der Waals surface area contributed by atoms with Crippen molar-refractivity contribution in [2.45, 2.75) is 0 Å². The van der Waals surface area contributed by atoms with Crippen LogP contribution in [0, 0.1) is 0 Å². The van der Waals surface area contributed by atoms with Crippen molar-refractivity contribution in [1.29, 1.82) is 0 Å². The molecule has 0 aliphatic carbocycles. The molecule has 4 nitrogen and oxygen atoms in total. The minimum absolute atomic E-state index is 0.346. The number of carbonyl (C=O) groups is 1. The summed E-state index contributed by atoms with van der Waals surface area (Å²) in [6, 6.07) is 24.6. The standard InChI is InChI=1S/C21H16ClN3O/c22-16-9-3-6-12-19(16)25-21(26)24-18-11-5-2-8-15(18)20-13-14-7-1-4-10-17(14)23-20/h1-13,23H,(H2,24,25,26). The maximum absolute atomic E-state index is 12.4. The second-order valence-electron chi connectivity index (χ2n) is 5.87. The van der Waals surface area contributed by atoms with Gasteiger partial charge in [-0.1, -0.05) is 60.1 Å². The molecule has 0 unspecified atom stereocenters. The Morgan fingerprint density at radius 3 is 2.27 bits per heavy atom. The average Bonchev–Trinajstić information content (AvgIpc) is 3.08. The third-order valence-electron chi connectivity index (χ3n) is 4.12.